The molecule has 4 heterocycles. The molecule has 2 aromatic carbocycles. The fourth-order valence-corrected chi connectivity index (χ4v) is 4.94. The Morgan fingerprint density at radius 2 is 1.47 bits per heavy atom. The Balaban J connectivity index is 1.13. The topological polar surface area (TPSA) is 80.0 Å². The second-order valence-electron chi connectivity index (χ2n) is 8.75. The number of rotatable bonds is 4. The number of halogens is 1. The molecule has 34 heavy (non-hydrogen) atoms. The van der Waals surface area contributed by atoms with Gasteiger partial charge in [0.25, 0.3) is 5.91 Å². The van der Waals surface area contributed by atoms with Gasteiger partial charge in [-0.3, -0.25) is 4.79 Å². The third-order valence-corrected chi connectivity index (χ3v) is 6.64. The lowest BCUT2D eigenvalue weighted by molar-refractivity contribution is 0.0782. The van der Waals surface area contributed by atoms with E-state index in [1.165, 1.54) is 16.9 Å². The number of nitrogens with zero attached hydrogens (tertiary/aromatic N) is 7. The summed E-state index contributed by atoms with van der Waals surface area (Å²) in [4.78, 5) is 28.0. The van der Waals surface area contributed by atoms with Crippen LogP contribution < -0.4 is 4.90 Å². The SMILES string of the molecule is O=C(c1ccccc1-n1nccn1)N1CC2CN(c3ncc(-c4ccc(F)cc4)cn3)CC2C1. The van der Waals surface area contributed by atoms with Crippen molar-refractivity contribution in [3.05, 3.63) is 84.7 Å². The Kier molecular flexibility index (Phi) is 5.01. The Hall–Kier alpha value is -4.14. The van der Waals surface area contributed by atoms with Crippen LogP contribution in [0.5, 0.6) is 0 Å². The van der Waals surface area contributed by atoms with Crippen molar-refractivity contribution in [1.29, 1.82) is 0 Å². The fraction of sp³-hybridized carbons (Fsp3) is 0.240. The zero-order valence-corrected chi connectivity index (χ0v) is 18.3. The third kappa shape index (κ3) is 3.68. The van der Waals surface area contributed by atoms with Crippen molar-refractivity contribution in [2.24, 2.45) is 11.8 Å². The van der Waals surface area contributed by atoms with E-state index in [0.29, 0.717) is 42.1 Å². The molecule has 170 valence electrons. The zero-order chi connectivity index (χ0) is 23.1. The number of likely N-dealkylation sites (tertiary alicyclic amines) is 1. The number of fused-ring (bicyclic) bond motifs is 1. The zero-order valence-electron chi connectivity index (χ0n) is 18.3. The van der Waals surface area contributed by atoms with Gasteiger partial charge >= 0.3 is 0 Å². The van der Waals surface area contributed by atoms with Gasteiger partial charge in [-0.25, -0.2) is 14.4 Å². The Bertz CT molecular complexity index is 1290. The van der Waals surface area contributed by atoms with Crippen LogP contribution in [0.1, 0.15) is 10.4 Å². The van der Waals surface area contributed by atoms with E-state index >= 15 is 0 Å². The van der Waals surface area contributed by atoms with Crippen LogP contribution in [0.3, 0.4) is 0 Å². The molecule has 0 radical (unpaired) electrons. The first-order chi connectivity index (χ1) is 16.7. The quantitative estimate of drug-likeness (QED) is 0.471. The molecule has 0 saturated carbocycles. The van der Waals surface area contributed by atoms with Gasteiger partial charge in [-0.1, -0.05) is 24.3 Å². The average molecular weight is 455 g/mol. The van der Waals surface area contributed by atoms with Gasteiger partial charge in [0, 0.05) is 56.0 Å². The summed E-state index contributed by atoms with van der Waals surface area (Å²) in [5, 5.41) is 8.37. The number of aromatic nitrogens is 5. The van der Waals surface area contributed by atoms with Gasteiger partial charge in [-0.15, -0.1) is 0 Å². The summed E-state index contributed by atoms with van der Waals surface area (Å²) in [6.45, 7) is 3.03. The molecule has 0 spiro atoms. The molecule has 0 N–H and O–H groups in total. The maximum Gasteiger partial charge on any atom is 0.256 e. The van der Waals surface area contributed by atoms with Crippen molar-refractivity contribution in [2.45, 2.75) is 0 Å². The molecule has 2 aliphatic heterocycles. The van der Waals surface area contributed by atoms with Crippen LogP contribution in [0.15, 0.2) is 73.3 Å². The molecule has 1 amide bonds. The van der Waals surface area contributed by atoms with Gasteiger partial charge in [0.2, 0.25) is 5.95 Å². The second kappa shape index (κ2) is 8.33. The van der Waals surface area contributed by atoms with Crippen LogP contribution in [-0.4, -0.2) is 61.9 Å². The number of benzene rings is 2. The van der Waals surface area contributed by atoms with E-state index in [2.05, 4.69) is 25.1 Å². The lowest BCUT2D eigenvalue weighted by atomic mass is 10.0. The third-order valence-electron chi connectivity index (χ3n) is 6.64. The Labute approximate surface area is 195 Å². The summed E-state index contributed by atoms with van der Waals surface area (Å²) in [7, 11) is 0. The summed E-state index contributed by atoms with van der Waals surface area (Å²) in [5.74, 6) is 1.18. The van der Waals surface area contributed by atoms with Crippen molar-refractivity contribution >= 4 is 11.9 Å². The lowest BCUT2D eigenvalue weighted by Crippen LogP contribution is -2.34. The second-order valence-corrected chi connectivity index (χ2v) is 8.75. The summed E-state index contributed by atoms with van der Waals surface area (Å²) in [5.41, 5.74) is 3.03. The smallest absolute Gasteiger partial charge is 0.256 e. The number of para-hydroxylation sites is 1. The lowest BCUT2D eigenvalue weighted by Gasteiger charge is -2.22. The maximum absolute atomic E-state index is 13.3. The van der Waals surface area contributed by atoms with Crippen molar-refractivity contribution < 1.29 is 9.18 Å². The number of anilines is 1. The van der Waals surface area contributed by atoms with Crippen LogP contribution in [0.4, 0.5) is 10.3 Å². The molecule has 9 heteroatoms. The van der Waals surface area contributed by atoms with E-state index in [9.17, 15) is 9.18 Å². The first-order valence-electron chi connectivity index (χ1n) is 11.2. The number of carbonyl (C=O) groups excluding carboxylic acids is 1. The summed E-state index contributed by atoms with van der Waals surface area (Å²) in [6.07, 6.45) is 6.76. The minimum Gasteiger partial charge on any atom is -0.340 e. The predicted molar refractivity (Wildman–Crippen MR) is 124 cm³/mol. The van der Waals surface area contributed by atoms with Crippen molar-refractivity contribution in [3.8, 4) is 16.8 Å². The first-order valence-corrected chi connectivity index (χ1v) is 11.2. The van der Waals surface area contributed by atoms with E-state index in [0.717, 1.165) is 24.2 Å². The van der Waals surface area contributed by atoms with E-state index in [-0.39, 0.29) is 11.7 Å². The van der Waals surface area contributed by atoms with Gasteiger partial charge in [0.05, 0.1) is 23.6 Å². The molecule has 2 unspecified atom stereocenters. The number of carbonyl (C=O) groups is 1. The first kappa shape index (κ1) is 20.5. The van der Waals surface area contributed by atoms with Gasteiger partial charge < -0.3 is 9.80 Å². The van der Waals surface area contributed by atoms with Gasteiger partial charge in [0.15, 0.2) is 0 Å². The molecular formula is C25H22FN7O. The highest BCUT2D eigenvalue weighted by Gasteiger charge is 2.42. The molecule has 2 aliphatic rings. The Morgan fingerprint density at radius 1 is 0.824 bits per heavy atom. The minimum absolute atomic E-state index is 0.00810. The summed E-state index contributed by atoms with van der Waals surface area (Å²) in [6, 6.07) is 13.8. The molecule has 0 bridgehead atoms. The summed E-state index contributed by atoms with van der Waals surface area (Å²) >= 11 is 0. The molecule has 6 rings (SSSR count). The molecule has 0 aliphatic carbocycles. The largest absolute Gasteiger partial charge is 0.340 e. The highest BCUT2D eigenvalue weighted by molar-refractivity contribution is 5.97. The molecule has 8 nitrogen and oxygen atoms in total. The highest BCUT2D eigenvalue weighted by atomic mass is 19.1. The van der Waals surface area contributed by atoms with Gasteiger partial charge in [-0.2, -0.15) is 15.0 Å². The van der Waals surface area contributed by atoms with Crippen LogP contribution in [0.25, 0.3) is 16.8 Å². The molecule has 2 fully saturated rings. The van der Waals surface area contributed by atoms with E-state index in [1.807, 2.05) is 29.2 Å². The highest BCUT2D eigenvalue weighted by Crippen LogP contribution is 2.34. The van der Waals surface area contributed by atoms with Crippen molar-refractivity contribution in [3.63, 3.8) is 0 Å². The maximum atomic E-state index is 13.3. The standard InChI is InChI=1S/C25H22FN7O/c26-21-7-5-17(6-8-21)18-11-27-25(28-12-18)32-15-19-13-31(14-20(19)16-32)24(34)22-3-1-2-4-23(22)33-29-9-10-30-33/h1-12,19-20H,13-16H2. The number of hydrogen-bond donors (Lipinski definition) is 0. The van der Waals surface area contributed by atoms with E-state index in [1.54, 1.807) is 36.9 Å². The van der Waals surface area contributed by atoms with Gasteiger partial charge in [-0.05, 0) is 29.8 Å². The van der Waals surface area contributed by atoms with E-state index < -0.39 is 0 Å². The number of amides is 1. The predicted octanol–water partition coefficient (Wildman–Crippen LogP) is 3.07. The van der Waals surface area contributed by atoms with Crippen LogP contribution >= 0.6 is 0 Å². The molecule has 2 aromatic heterocycles. The van der Waals surface area contributed by atoms with E-state index in [4.69, 9.17) is 0 Å². The van der Waals surface area contributed by atoms with Crippen LogP contribution in [-0.2, 0) is 0 Å². The average Bonchev–Trinajstić information content (AvgIpc) is 3.61. The fourth-order valence-electron chi connectivity index (χ4n) is 4.94. The molecular weight excluding hydrogens is 433 g/mol. The minimum atomic E-state index is -0.265. The van der Waals surface area contributed by atoms with Crippen molar-refractivity contribution in [1.82, 2.24) is 29.9 Å². The molecule has 2 saturated heterocycles. The summed E-state index contributed by atoms with van der Waals surface area (Å²) < 4.78 is 13.2. The number of hydrogen-bond acceptors (Lipinski definition) is 6. The van der Waals surface area contributed by atoms with Gasteiger partial charge in [0.1, 0.15) is 5.82 Å². The monoisotopic (exact) mass is 455 g/mol. The molecule has 2 atom stereocenters. The van der Waals surface area contributed by atoms with Crippen LogP contribution in [0, 0.1) is 17.7 Å². The normalized spacial score (nSPS) is 19.4. The molecule has 4 aromatic rings. The van der Waals surface area contributed by atoms with Crippen molar-refractivity contribution in [2.75, 3.05) is 31.1 Å². The van der Waals surface area contributed by atoms with Crippen LogP contribution in [0.2, 0.25) is 0 Å². The Morgan fingerprint density at radius 3 is 2.15 bits per heavy atom.